The molecule has 0 saturated carbocycles. The molecular formula is C15H18N2. The minimum absolute atomic E-state index is 0.820. The first-order valence-corrected chi connectivity index (χ1v) is 5.86. The van der Waals surface area contributed by atoms with Gasteiger partial charge in [-0.2, -0.15) is 0 Å². The van der Waals surface area contributed by atoms with Crippen molar-refractivity contribution in [3.63, 3.8) is 0 Å². The molecule has 0 aliphatic heterocycles. The van der Waals surface area contributed by atoms with Crippen molar-refractivity contribution in [2.24, 2.45) is 0 Å². The quantitative estimate of drug-likeness (QED) is 0.781. The summed E-state index contributed by atoms with van der Waals surface area (Å²) in [6, 6.07) is 16.6. The fourth-order valence-electron chi connectivity index (χ4n) is 1.81. The highest BCUT2D eigenvalue weighted by molar-refractivity contribution is 5.41. The van der Waals surface area contributed by atoms with Gasteiger partial charge in [0.2, 0.25) is 0 Å². The van der Waals surface area contributed by atoms with Gasteiger partial charge in [0.25, 0.3) is 0 Å². The number of para-hydroxylation sites is 1. The van der Waals surface area contributed by atoms with Gasteiger partial charge >= 0.3 is 0 Å². The second-order valence-electron chi connectivity index (χ2n) is 4.27. The second kappa shape index (κ2) is 5.51. The Morgan fingerprint density at radius 1 is 0.941 bits per heavy atom. The van der Waals surface area contributed by atoms with Crippen LogP contribution < -0.4 is 10.9 Å². The number of anilines is 1. The fraction of sp³-hybridized carbons (Fsp3) is 0.200. The van der Waals surface area contributed by atoms with Gasteiger partial charge < -0.3 is 5.43 Å². The lowest BCUT2D eigenvalue weighted by molar-refractivity contribution is 0.796. The Labute approximate surface area is 103 Å². The number of nitrogens with one attached hydrogen (secondary N) is 2. The first-order valence-electron chi connectivity index (χ1n) is 5.86. The van der Waals surface area contributed by atoms with E-state index in [4.69, 9.17) is 0 Å². The molecule has 0 amide bonds. The number of hydrogen-bond acceptors (Lipinski definition) is 2. The average Bonchev–Trinajstić information content (AvgIpc) is 2.33. The van der Waals surface area contributed by atoms with Gasteiger partial charge in [-0.3, -0.25) is 0 Å². The van der Waals surface area contributed by atoms with Crippen molar-refractivity contribution in [3.05, 3.63) is 65.2 Å². The SMILES string of the molecule is Cc1ccc(CNNc2ccccc2)c(C)c1. The van der Waals surface area contributed by atoms with E-state index in [2.05, 4.69) is 42.9 Å². The summed E-state index contributed by atoms with van der Waals surface area (Å²) in [5.41, 5.74) is 11.4. The van der Waals surface area contributed by atoms with Gasteiger partial charge in [0.05, 0.1) is 0 Å². The molecule has 2 aromatic carbocycles. The zero-order valence-electron chi connectivity index (χ0n) is 10.3. The summed E-state index contributed by atoms with van der Waals surface area (Å²) in [4.78, 5) is 0. The molecule has 2 N–H and O–H groups in total. The zero-order chi connectivity index (χ0) is 12.1. The van der Waals surface area contributed by atoms with Crippen molar-refractivity contribution in [1.29, 1.82) is 0 Å². The molecule has 17 heavy (non-hydrogen) atoms. The van der Waals surface area contributed by atoms with Gasteiger partial charge in [-0.1, -0.05) is 42.0 Å². The maximum Gasteiger partial charge on any atom is 0.0487 e. The van der Waals surface area contributed by atoms with E-state index < -0.39 is 0 Å². The zero-order valence-corrected chi connectivity index (χ0v) is 10.3. The number of hydrazine groups is 1. The summed E-state index contributed by atoms with van der Waals surface area (Å²) in [6.45, 7) is 5.08. The number of rotatable bonds is 4. The molecule has 0 bridgehead atoms. The smallest absolute Gasteiger partial charge is 0.0487 e. The predicted octanol–water partition coefficient (Wildman–Crippen LogP) is 3.42. The van der Waals surface area contributed by atoms with Crippen molar-refractivity contribution >= 4 is 5.69 Å². The van der Waals surface area contributed by atoms with Gasteiger partial charge in [0.1, 0.15) is 0 Å². The molecule has 2 rings (SSSR count). The summed E-state index contributed by atoms with van der Waals surface area (Å²) in [6.07, 6.45) is 0. The number of benzene rings is 2. The van der Waals surface area contributed by atoms with Gasteiger partial charge in [0.15, 0.2) is 0 Å². The third-order valence-electron chi connectivity index (χ3n) is 2.78. The van der Waals surface area contributed by atoms with Crippen molar-refractivity contribution in [2.45, 2.75) is 20.4 Å². The van der Waals surface area contributed by atoms with Gasteiger partial charge in [-0.05, 0) is 37.1 Å². The lowest BCUT2D eigenvalue weighted by Crippen LogP contribution is -2.21. The largest absolute Gasteiger partial charge is 0.321 e. The third-order valence-corrected chi connectivity index (χ3v) is 2.78. The highest BCUT2D eigenvalue weighted by Crippen LogP contribution is 2.10. The van der Waals surface area contributed by atoms with E-state index in [0.717, 1.165) is 12.2 Å². The molecule has 0 heterocycles. The topological polar surface area (TPSA) is 24.1 Å². The van der Waals surface area contributed by atoms with E-state index in [-0.39, 0.29) is 0 Å². The maximum absolute atomic E-state index is 3.23. The normalized spacial score (nSPS) is 10.2. The van der Waals surface area contributed by atoms with Crippen LogP contribution in [0.15, 0.2) is 48.5 Å². The average molecular weight is 226 g/mol. The second-order valence-corrected chi connectivity index (χ2v) is 4.27. The van der Waals surface area contributed by atoms with Crippen LogP contribution in [0.4, 0.5) is 5.69 Å². The van der Waals surface area contributed by atoms with Crippen LogP contribution in [0, 0.1) is 13.8 Å². The molecule has 0 spiro atoms. The molecule has 0 aliphatic rings. The molecule has 2 heteroatoms. The van der Waals surface area contributed by atoms with Crippen molar-refractivity contribution in [1.82, 2.24) is 5.43 Å². The van der Waals surface area contributed by atoms with Crippen LogP contribution in [0.3, 0.4) is 0 Å². The Balaban J connectivity index is 1.90. The Kier molecular flexibility index (Phi) is 3.78. The lowest BCUT2D eigenvalue weighted by atomic mass is 10.1. The maximum atomic E-state index is 3.23. The fourth-order valence-corrected chi connectivity index (χ4v) is 1.81. The van der Waals surface area contributed by atoms with Crippen LogP contribution in [-0.4, -0.2) is 0 Å². The van der Waals surface area contributed by atoms with Crippen molar-refractivity contribution < 1.29 is 0 Å². The molecule has 88 valence electrons. The van der Waals surface area contributed by atoms with Crippen molar-refractivity contribution in [3.8, 4) is 0 Å². The van der Waals surface area contributed by atoms with E-state index in [1.807, 2.05) is 30.3 Å². The monoisotopic (exact) mass is 226 g/mol. The van der Waals surface area contributed by atoms with E-state index in [0.29, 0.717) is 0 Å². The third kappa shape index (κ3) is 3.33. The van der Waals surface area contributed by atoms with Gasteiger partial charge in [-0.15, -0.1) is 0 Å². The Morgan fingerprint density at radius 3 is 2.41 bits per heavy atom. The number of aryl methyl sites for hydroxylation is 2. The molecular weight excluding hydrogens is 208 g/mol. The van der Waals surface area contributed by atoms with Crippen LogP contribution in [0.5, 0.6) is 0 Å². The van der Waals surface area contributed by atoms with Crippen LogP contribution in [0.25, 0.3) is 0 Å². The minimum atomic E-state index is 0.820. The lowest BCUT2D eigenvalue weighted by Gasteiger charge is -2.10. The number of hydrogen-bond donors (Lipinski definition) is 2. The Hall–Kier alpha value is -1.80. The molecule has 0 fully saturated rings. The summed E-state index contributed by atoms with van der Waals surface area (Å²) in [5, 5.41) is 0. The predicted molar refractivity (Wildman–Crippen MR) is 72.8 cm³/mol. The molecule has 0 saturated heterocycles. The van der Waals surface area contributed by atoms with Crippen LogP contribution in [-0.2, 0) is 6.54 Å². The molecule has 0 unspecified atom stereocenters. The van der Waals surface area contributed by atoms with E-state index >= 15 is 0 Å². The van der Waals surface area contributed by atoms with E-state index in [9.17, 15) is 0 Å². The summed E-state index contributed by atoms with van der Waals surface area (Å²) in [5.74, 6) is 0. The standard InChI is InChI=1S/C15H18N2/c1-12-8-9-14(13(2)10-12)11-16-17-15-6-4-3-5-7-15/h3-10,16-17H,11H2,1-2H3. The van der Waals surface area contributed by atoms with E-state index in [1.54, 1.807) is 0 Å². The molecule has 2 nitrogen and oxygen atoms in total. The highest BCUT2D eigenvalue weighted by Gasteiger charge is 1.97. The molecule has 0 aromatic heterocycles. The van der Waals surface area contributed by atoms with Gasteiger partial charge in [-0.25, -0.2) is 5.43 Å². The minimum Gasteiger partial charge on any atom is -0.321 e. The van der Waals surface area contributed by atoms with Crippen LogP contribution in [0.2, 0.25) is 0 Å². The van der Waals surface area contributed by atoms with Crippen LogP contribution >= 0.6 is 0 Å². The van der Waals surface area contributed by atoms with E-state index in [1.165, 1.54) is 16.7 Å². The Bertz CT molecular complexity index is 478. The summed E-state index contributed by atoms with van der Waals surface area (Å²) >= 11 is 0. The summed E-state index contributed by atoms with van der Waals surface area (Å²) < 4.78 is 0. The molecule has 0 radical (unpaired) electrons. The van der Waals surface area contributed by atoms with Crippen LogP contribution in [0.1, 0.15) is 16.7 Å². The van der Waals surface area contributed by atoms with Gasteiger partial charge in [0, 0.05) is 12.2 Å². The molecule has 2 aromatic rings. The Morgan fingerprint density at radius 2 is 1.71 bits per heavy atom. The highest BCUT2D eigenvalue weighted by atomic mass is 15.3. The first kappa shape index (κ1) is 11.7. The molecule has 0 aliphatic carbocycles. The summed E-state index contributed by atoms with van der Waals surface area (Å²) in [7, 11) is 0. The first-order chi connectivity index (χ1) is 8.25. The van der Waals surface area contributed by atoms with Crippen molar-refractivity contribution in [2.75, 3.05) is 5.43 Å². The molecule has 0 atom stereocenters.